The third-order valence-corrected chi connectivity index (χ3v) is 2.57. The first-order valence-corrected chi connectivity index (χ1v) is 5.51. The third-order valence-electron chi connectivity index (χ3n) is 2.57. The number of hydrogen-bond donors (Lipinski definition) is 2. The predicted octanol–water partition coefficient (Wildman–Crippen LogP) is 2.35. The van der Waals surface area contributed by atoms with Crippen molar-refractivity contribution in [3.8, 4) is 0 Å². The fraction of sp³-hybridized carbons (Fsp3) is 0. The lowest BCUT2D eigenvalue weighted by atomic mass is 10.2. The number of nitrogens with one attached hydrogen (secondary N) is 1. The van der Waals surface area contributed by atoms with E-state index < -0.39 is 0 Å². The molecular weight excluding hydrogens is 226 g/mol. The maximum Gasteiger partial charge on any atom is 0.149 e. The summed E-state index contributed by atoms with van der Waals surface area (Å²) < 4.78 is 0. The molecule has 2 aromatic heterocycles. The third kappa shape index (κ3) is 1.93. The summed E-state index contributed by atoms with van der Waals surface area (Å²) in [6, 6.07) is 9.87. The number of nitrogen functional groups attached to an aromatic ring is 1. The zero-order valence-electron chi connectivity index (χ0n) is 9.54. The summed E-state index contributed by atoms with van der Waals surface area (Å²) in [5.74, 6) is 1.04. The van der Waals surface area contributed by atoms with E-state index in [4.69, 9.17) is 5.73 Å². The van der Waals surface area contributed by atoms with Crippen LogP contribution in [0.3, 0.4) is 0 Å². The van der Waals surface area contributed by atoms with Crippen LogP contribution in [0, 0.1) is 0 Å². The number of aromatic nitrogens is 3. The molecule has 0 radical (unpaired) electrons. The molecule has 0 spiro atoms. The van der Waals surface area contributed by atoms with E-state index in [1.54, 1.807) is 12.4 Å². The monoisotopic (exact) mass is 237 g/mol. The topological polar surface area (TPSA) is 76.7 Å². The number of anilines is 3. The molecule has 0 aliphatic rings. The first-order chi connectivity index (χ1) is 8.83. The zero-order valence-corrected chi connectivity index (χ0v) is 9.54. The molecule has 1 aromatic carbocycles. The molecule has 0 bridgehead atoms. The Hall–Kier alpha value is -2.69. The summed E-state index contributed by atoms with van der Waals surface area (Å²) in [7, 11) is 0. The SMILES string of the molecule is Nc1cnc(Nc2cccc3cccnc23)cn1. The smallest absolute Gasteiger partial charge is 0.149 e. The van der Waals surface area contributed by atoms with Crippen molar-refractivity contribution in [2.24, 2.45) is 0 Å². The minimum Gasteiger partial charge on any atom is -0.382 e. The number of benzene rings is 1. The van der Waals surface area contributed by atoms with Gasteiger partial charge in [0, 0.05) is 11.6 Å². The predicted molar refractivity (Wildman–Crippen MR) is 71.5 cm³/mol. The van der Waals surface area contributed by atoms with Crippen LogP contribution in [0.15, 0.2) is 48.9 Å². The van der Waals surface area contributed by atoms with Gasteiger partial charge in [-0.25, -0.2) is 9.97 Å². The quantitative estimate of drug-likeness (QED) is 0.715. The molecule has 88 valence electrons. The van der Waals surface area contributed by atoms with Crippen molar-refractivity contribution < 1.29 is 0 Å². The highest BCUT2D eigenvalue weighted by Gasteiger charge is 2.02. The average Bonchev–Trinajstić information content (AvgIpc) is 2.42. The molecule has 0 unspecified atom stereocenters. The van der Waals surface area contributed by atoms with E-state index >= 15 is 0 Å². The van der Waals surface area contributed by atoms with E-state index in [0.29, 0.717) is 11.6 Å². The van der Waals surface area contributed by atoms with Gasteiger partial charge in [0.1, 0.15) is 11.6 Å². The number of nitrogens with two attached hydrogens (primary N) is 1. The van der Waals surface area contributed by atoms with Crippen LogP contribution in [0.2, 0.25) is 0 Å². The fourth-order valence-corrected chi connectivity index (χ4v) is 1.75. The molecule has 0 amide bonds. The lowest BCUT2D eigenvalue weighted by Gasteiger charge is -2.07. The molecule has 3 rings (SSSR count). The minimum atomic E-state index is 0.400. The largest absolute Gasteiger partial charge is 0.382 e. The summed E-state index contributed by atoms with van der Waals surface area (Å²) in [5, 5.41) is 4.26. The second-order valence-corrected chi connectivity index (χ2v) is 3.83. The second kappa shape index (κ2) is 4.29. The molecule has 0 atom stereocenters. The number of fused-ring (bicyclic) bond motifs is 1. The molecule has 5 heteroatoms. The Balaban J connectivity index is 2.02. The highest BCUT2D eigenvalue weighted by Crippen LogP contribution is 2.23. The first kappa shape index (κ1) is 10.5. The lowest BCUT2D eigenvalue weighted by molar-refractivity contribution is 1.21. The van der Waals surface area contributed by atoms with E-state index in [-0.39, 0.29) is 0 Å². The minimum absolute atomic E-state index is 0.400. The normalized spacial score (nSPS) is 10.4. The van der Waals surface area contributed by atoms with Gasteiger partial charge >= 0.3 is 0 Å². The van der Waals surface area contributed by atoms with Crippen LogP contribution in [0.25, 0.3) is 10.9 Å². The van der Waals surface area contributed by atoms with Crippen molar-refractivity contribution in [1.82, 2.24) is 15.0 Å². The van der Waals surface area contributed by atoms with E-state index in [9.17, 15) is 0 Å². The Bertz CT molecular complexity index is 673. The first-order valence-electron chi connectivity index (χ1n) is 5.51. The maximum atomic E-state index is 5.50. The highest BCUT2D eigenvalue weighted by molar-refractivity contribution is 5.91. The van der Waals surface area contributed by atoms with E-state index in [1.165, 1.54) is 6.20 Å². The van der Waals surface area contributed by atoms with Crippen molar-refractivity contribution in [3.05, 3.63) is 48.9 Å². The Kier molecular flexibility index (Phi) is 2.49. The van der Waals surface area contributed by atoms with E-state index in [0.717, 1.165) is 16.6 Å². The van der Waals surface area contributed by atoms with Gasteiger partial charge in [0.05, 0.1) is 23.6 Å². The van der Waals surface area contributed by atoms with Gasteiger partial charge in [-0.15, -0.1) is 0 Å². The van der Waals surface area contributed by atoms with Crippen molar-refractivity contribution >= 4 is 28.2 Å². The molecule has 0 aliphatic heterocycles. The summed E-state index contributed by atoms with van der Waals surface area (Å²) in [6.45, 7) is 0. The van der Waals surface area contributed by atoms with Gasteiger partial charge < -0.3 is 11.1 Å². The zero-order chi connectivity index (χ0) is 12.4. The fourth-order valence-electron chi connectivity index (χ4n) is 1.75. The number of hydrogen-bond acceptors (Lipinski definition) is 5. The standard InChI is InChI=1S/C13H11N5/c14-11-7-17-12(8-16-11)18-10-5-1-3-9-4-2-6-15-13(9)10/h1-8H,(H2,14,16)(H,17,18). The number of nitrogens with zero attached hydrogens (tertiary/aromatic N) is 3. The van der Waals surface area contributed by atoms with Crippen molar-refractivity contribution in [1.29, 1.82) is 0 Å². The average molecular weight is 237 g/mol. The number of pyridine rings is 1. The molecule has 0 saturated carbocycles. The molecule has 0 saturated heterocycles. The van der Waals surface area contributed by atoms with Crippen LogP contribution >= 0.6 is 0 Å². The molecule has 3 aromatic rings. The molecular formula is C13H11N5. The van der Waals surface area contributed by atoms with Gasteiger partial charge in [0.2, 0.25) is 0 Å². The molecule has 18 heavy (non-hydrogen) atoms. The van der Waals surface area contributed by atoms with Gasteiger partial charge in [-0.3, -0.25) is 4.98 Å². The van der Waals surface area contributed by atoms with Crippen molar-refractivity contribution in [2.75, 3.05) is 11.1 Å². The van der Waals surface area contributed by atoms with Gasteiger partial charge in [-0.05, 0) is 12.1 Å². The molecule has 0 fully saturated rings. The molecule has 0 aliphatic carbocycles. The molecule has 5 nitrogen and oxygen atoms in total. The summed E-state index contributed by atoms with van der Waals surface area (Å²) >= 11 is 0. The summed E-state index contributed by atoms with van der Waals surface area (Å²) in [6.07, 6.45) is 4.88. The lowest BCUT2D eigenvalue weighted by Crippen LogP contribution is -1.98. The van der Waals surface area contributed by atoms with Crippen LogP contribution in [0.4, 0.5) is 17.3 Å². The summed E-state index contributed by atoms with van der Waals surface area (Å²) in [4.78, 5) is 12.5. The van der Waals surface area contributed by atoms with Crippen molar-refractivity contribution in [2.45, 2.75) is 0 Å². The second-order valence-electron chi connectivity index (χ2n) is 3.83. The van der Waals surface area contributed by atoms with Gasteiger partial charge in [-0.1, -0.05) is 18.2 Å². The van der Waals surface area contributed by atoms with Gasteiger partial charge in [0.15, 0.2) is 0 Å². The van der Waals surface area contributed by atoms with E-state index in [2.05, 4.69) is 20.3 Å². The van der Waals surface area contributed by atoms with Crippen LogP contribution in [0.5, 0.6) is 0 Å². The van der Waals surface area contributed by atoms with Gasteiger partial charge in [0.25, 0.3) is 0 Å². The summed E-state index contributed by atoms with van der Waals surface area (Å²) in [5.41, 5.74) is 7.29. The maximum absolute atomic E-state index is 5.50. The number of rotatable bonds is 2. The van der Waals surface area contributed by atoms with E-state index in [1.807, 2.05) is 30.3 Å². The van der Waals surface area contributed by atoms with Gasteiger partial charge in [-0.2, -0.15) is 0 Å². The number of para-hydroxylation sites is 1. The Morgan fingerprint density at radius 1 is 0.944 bits per heavy atom. The Morgan fingerprint density at radius 2 is 1.83 bits per heavy atom. The Labute approximate surface area is 104 Å². The van der Waals surface area contributed by atoms with Crippen LogP contribution in [-0.2, 0) is 0 Å². The van der Waals surface area contributed by atoms with Crippen LogP contribution in [-0.4, -0.2) is 15.0 Å². The molecule has 3 N–H and O–H groups in total. The van der Waals surface area contributed by atoms with Crippen LogP contribution in [0.1, 0.15) is 0 Å². The highest BCUT2D eigenvalue weighted by atomic mass is 15.0. The molecule has 2 heterocycles. The van der Waals surface area contributed by atoms with Crippen molar-refractivity contribution in [3.63, 3.8) is 0 Å². The Morgan fingerprint density at radius 3 is 2.67 bits per heavy atom. The van der Waals surface area contributed by atoms with Crippen LogP contribution < -0.4 is 11.1 Å².